The summed E-state index contributed by atoms with van der Waals surface area (Å²) in [7, 11) is 0. The minimum Gasteiger partial charge on any atom is -0.475 e. The van der Waals surface area contributed by atoms with E-state index in [1.807, 2.05) is 0 Å². The lowest BCUT2D eigenvalue weighted by molar-refractivity contribution is 0.0663. The van der Waals surface area contributed by atoms with E-state index in [1.54, 1.807) is 12.1 Å². The van der Waals surface area contributed by atoms with Crippen LogP contribution in [0.25, 0.3) is 0 Å². The zero-order valence-electron chi connectivity index (χ0n) is 8.94. The number of hydrogen-bond donors (Lipinski definition) is 2. The van der Waals surface area contributed by atoms with Gasteiger partial charge in [0.05, 0.1) is 13.2 Å². The van der Waals surface area contributed by atoms with Crippen LogP contribution in [0.15, 0.2) is 29.2 Å². The molecule has 0 bridgehead atoms. The van der Waals surface area contributed by atoms with Gasteiger partial charge in [0.1, 0.15) is 0 Å². The summed E-state index contributed by atoms with van der Waals surface area (Å²) in [6, 6.07) is 2.98. The molecule has 0 aromatic carbocycles. The Morgan fingerprint density at radius 3 is 3.00 bits per heavy atom. The molecule has 0 saturated carbocycles. The van der Waals surface area contributed by atoms with Crippen molar-refractivity contribution in [2.45, 2.75) is 6.42 Å². The minimum atomic E-state index is -1.07. The number of rotatable bonds is 8. The van der Waals surface area contributed by atoms with Gasteiger partial charge in [-0.25, -0.2) is 4.79 Å². The Labute approximate surface area is 93.7 Å². The van der Waals surface area contributed by atoms with E-state index in [1.165, 1.54) is 6.07 Å². The molecule has 0 atom stereocenters. The molecule has 5 nitrogen and oxygen atoms in total. The first-order valence-electron chi connectivity index (χ1n) is 4.99. The highest BCUT2D eigenvalue weighted by atomic mass is 16.5. The zero-order valence-corrected chi connectivity index (χ0v) is 8.94. The Morgan fingerprint density at radius 1 is 1.56 bits per heavy atom. The number of hydrogen-bond acceptors (Lipinski definition) is 4. The number of furan rings is 1. The van der Waals surface area contributed by atoms with Crippen LogP contribution in [0, 0.1) is 0 Å². The molecule has 0 aliphatic carbocycles. The molecule has 0 amide bonds. The van der Waals surface area contributed by atoms with E-state index in [-0.39, 0.29) is 5.76 Å². The number of carboxylic acids is 1. The minimum absolute atomic E-state index is 0.0740. The van der Waals surface area contributed by atoms with Gasteiger partial charge in [-0.3, -0.25) is 0 Å². The Morgan fingerprint density at radius 2 is 2.38 bits per heavy atom. The van der Waals surface area contributed by atoms with Gasteiger partial charge in [-0.2, -0.15) is 0 Å². The monoisotopic (exact) mass is 225 g/mol. The van der Waals surface area contributed by atoms with E-state index in [9.17, 15) is 4.79 Å². The molecule has 1 heterocycles. The van der Waals surface area contributed by atoms with Crippen molar-refractivity contribution < 1.29 is 19.1 Å². The van der Waals surface area contributed by atoms with Crippen molar-refractivity contribution in [1.82, 2.24) is 0 Å². The third kappa shape index (κ3) is 4.18. The molecule has 88 valence electrons. The number of anilines is 1. The molecule has 0 radical (unpaired) electrons. The smallest absolute Gasteiger partial charge is 0.371 e. The summed E-state index contributed by atoms with van der Waals surface area (Å²) in [4.78, 5) is 10.5. The van der Waals surface area contributed by atoms with Crippen LogP contribution in [-0.4, -0.2) is 30.8 Å². The highest BCUT2D eigenvalue weighted by Crippen LogP contribution is 2.12. The predicted octanol–water partition coefficient (Wildman–Crippen LogP) is 1.98. The summed E-state index contributed by atoms with van der Waals surface area (Å²) in [6.45, 7) is 5.33. The second-order valence-electron chi connectivity index (χ2n) is 3.09. The molecule has 1 rings (SSSR count). The molecule has 0 aliphatic heterocycles. The van der Waals surface area contributed by atoms with Crippen LogP contribution >= 0.6 is 0 Å². The highest BCUT2D eigenvalue weighted by Gasteiger charge is 2.07. The molecule has 0 fully saturated rings. The van der Waals surface area contributed by atoms with Gasteiger partial charge in [-0.05, 0) is 12.5 Å². The second kappa shape index (κ2) is 6.68. The van der Waals surface area contributed by atoms with Crippen molar-refractivity contribution >= 4 is 11.9 Å². The molecule has 1 aromatic rings. The fourth-order valence-corrected chi connectivity index (χ4v) is 1.06. The van der Waals surface area contributed by atoms with Crippen molar-refractivity contribution in [2.75, 3.05) is 25.1 Å². The maximum atomic E-state index is 10.5. The molecule has 2 N–H and O–H groups in total. The van der Waals surface area contributed by atoms with Gasteiger partial charge in [0.15, 0.2) is 5.88 Å². The average Bonchev–Trinajstić information content (AvgIpc) is 2.72. The first-order valence-corrected chi connectivity index (χ1v) is 4.99. The number of nitrogens with one attached hydrogen (secondary N) is 1. The van der Waals surface area contributed by atoms with Crippen LogP contribution in [0.3, 0.4) is 0 Å². The van der Waals surface area contributed by atoms with Crippen molar-refractivity contribution in [2.24, 2.45) is 0 Å². The van der Waals surface area contributed by atoms with Gasteiger partial charge in [-0.1, -0.05) is 6.08 Å². The predicted molar refractivity (Wildman–Crippen MR) is 59.8 cm³/mol. The topological polar surface area (TPSA) is 71.7 Å². The van der Waals surface area contributed by atoms with Crippen molar-refractivity contribution in [1.29, 1.82) is 0 Å². The van der Waals surface area contributed by atoms with E-state index in [0.717, 1.165) is 6.42 Å². The van der Waals surface area contributed by atoms with E-state index in [0.29, 0.717) is 25.6 Å². The van der Waals surface area contributed by atoms with Gasteiger partial charge in [0.2, 0.25) is 5.76 Å². The van der Waals surface area contributed by atoms with Crippen LogP contribution in [-0.2, 0) is 4.74 Å². The molecule has 0 saturated heterocycles. The molecule has 5 heteroatoms. The Balaban J connectivity index is 2.16. The standard InChI is InChI=1S/C11H15NO4/c1-2-3-7-15-8-6-12-10-5-4-9(16-10)11(13)14/h2,4-5,12H,1,3,6-8H2,(H,13,14). The summed E-state index contributed by atoms with van der Waals surface area (Å²) < 4.78 is 10.2. The van der Waals surface area contributed by atoms with Crippen LogP contribution in [0.4, 0.5) is 5.88 Å². The first kappa shape index (κ1) is 12.3. The lowest BCUT2D eigenvalue weighted by Crippen LogP contribution is -2.09. The normalized spacial score (nSPS) is 10.0. The number of ether oxygens (including phenoxy) is 1. The SMILES string of the molecule is C=CCCOCCNc1ccc(C(=O)O)o1. The number of carboxylic acid groups (broad SMARTS) is 1. The maximum absolute atomic E-state index is 10.5. The second-order valence-corrected chi connectivity index (χ2v) is 3.09. The van der Waals surface area contributed by atoms with E-state index in [2.05, 4.69) is 11.9 Å². The van der Waals surface area contributed by atoms with Gasteiger partial charge >= 0.3 is 5.97 Å². The van der Waals surface area contributed by atoms with Gasteiger partial charge in [0.25, 0.3) is 0 Å². The van der Waals surface area contributed by atoms with E-state index >= 15 is 0 Å². The lowest BCUT2D eigenvalue weighted by atomic mass is 10.4. The molecule has 0 spiro atoms. The molecule has 1 aromatic heterocycles. The van der Waals surface area contributed by atoms with Crippen LogP contribution < -0.4 is 5.32 Å². The van der Waals surface area contributed by atoms with E-state index in [4.69, 9.17) is 14.3 Å². The van der Waals surface area contributed by atoms with Crippen molar-refractivity contribution in [3.63, 3.8) is 0 Å². The summed E-state index contributed by atoms with van der Waals surface area (Å²) >= 11 is 0. The Bertz CT molecular complexity index is 346. The van der Waals surface area contributed by atoms with Crippen LogP contribution in [0.2, 0.25) is 0 Å². The lowest BCUT2D eigenvalue weighted by Gasteiger charge is -2.03. The Hall–Kier alpha value is -1.75. The zero-order chi connectivity index (χ0) is 11.8. The van der Waals surface area contributed by atoms with E-state index < -0.39 is 5.97 Å². The highest BCUT2D eigenvalue weighted by molar-refractivity contribution is 5.84. The molecule has 0 aliphatic rings. The fraction of sp³-hybridized carbons (Fsp3) is 0.364. The summed E-state index contributed by atoms with van der Waals surface area (Å²) in [5.74, 6) is -0.713. The molecular formula is C11H15NO4. The van der Waals surface area contributed by atoms with Gasteiger partial charge in [0, 0.05) is 12.6 Å². The van der Waals surface area contributed by atoms with Gasteiger partial charge in [-0.15, -0.1) is 6.58 Å². The maximum Gasteiger partial charge on any atom is 0.371 e. The van der Waals surface area contributed by atoms with Gasteiger partial charge < -0.3 is 19.6 Å². The molecule has 16 heavy (non-hydrogen) atoms. The first-order chi connectivity index (χ1) is 7.74. The van der Waals surface area contributed by atoms with Crippen molar-refractivity contribution in [3.8, 4) is 0 Å². The summed E-state index contributed by atoms with van der Waals surface area (Å²) in [5.41, 5.74) is 0. The van der Waals surface area contributed by atoms with Crippen LogP contribution in [0.5, 0.6) is 0 Å². The fourth-order valence-electron chi connectivity index (χ4n) is 1.06. The quantitative estimate of drug-likeness (QED) is 0.523. The third-order valence-corrected chi connectivity index (χ3v) is 1.83. The Kier molecular flexibility index (Phi) is 5.15. The summed E-state index contributed by atoms with van der Waals surface area (Å²) in [5, 5.41) is 11.5. The number of carbonyl (C=O) groups is 1. The average molecular weight is 225 g/mol. The third-order valence-electron chi connectivity index (χ3n) is 1.83. The number of aromatic carboxylic acids is 1. The molecular weight excluding hydrogens is 210 g/mol. The van der Waals surface area contributed by atoms with Crippen LogP contribution in [0.1, 0.15) is 17.0 Å². The largest absolute Gasteiger partial charge is 0.475 e. The summed E-state index contributed by atoms with van der Waals surface area (Å²) in [6.07, 6.45) is 2.61. The van der Waals surface area contributed by atoms with Crippen molar-refractivity contribution in [3.05, 3.63) is 30.5 Å². The molecule has 0 unspecified atom stereocenters.